The van der Waals surface area contributed by atoms with Gasteiger partial charge in [-0.3, -0.25) is 4.79 Å². The molecule has 1 aliphatic rings. The average molecular weight is 282 g/mol. The highest BCUT2D eigenvalue weighted by molar-refractivity contribution is 7.17. The number of hydrogen-bond acceptors (Lipinski definition) is 5. The second kappa shape index (κ2) is 6.84. The minimum Gasteiger partial charge on any atom is -0.363 e. The van der Waals surface area contributed by atoms with Crippen LogP contribution in [-0.4, -0.2) is 41.1 Å². The standard InChI is InChI=1S/C13H22N4OS/c1-3-5-10-6-4-8-17(9-7-10)12(18)11-15-16-13(14-2)19-11/h10H,3-9H2,1-2H3,(H,14,16). The van der Waals surface area contributed by atoms with Crippen LogP contribution < -0.4 is 5.32 Å². The molecule has 1 atom stereocenters. The molecule has 1 aromatic rings. The van der Waals surface area contributed by atoms with Crippen LogP contribution in [0, 0.1) is 5.92 Å². The molecule has 2 heterocycles. The number of anilines is 1. The molecule has 1 N–H and O–H groups in total. The zero-order valence-corrected chi connectivity index (χ0v) is 12.5. The summed E-state index contributed by atoms with van der Waals surface area (Å²) in [4.78, 5) is 14.3. The Hall–Kier alpha value is -1.17. The number of aromatic nitrogens is 2. The summed E-state index contributed by atoms with van der Waals surface area (Å²) in [5.74, 6) is 0.821. The van der Waals surface area contributed by atoms with Crippen molar-refractivity contribution in [1.82, 2.24) is 15.1 Å². The fraction of sp³-hybridized carbons (Fsp3) is 0.769. The van der Waals surface area contributed by atoms with Crippen molar-refractivity contribution >= 4 is 22.4 Å². The molecule has 0 saturated carbocycles. The Balaban J connectivity index is 1.95. The van der Waals surface area contributed by atoms with Crippen LogP contribution in [0.5, 0.6) is 0 Å². The molecular formula is C13H22N4OS. The lowest BCUT2D eigenvalue weighted by molar-refractivity contribution is 0.0758. The van der Waals surface area contributed by atoms with Gasteiger partial charge >= 0.3 is 0 Å². The Kier molecular flexibility index (Phi) is 5.13. The molecule has 106 valence electrons. The van der Waals surface area contributed by atoms with Gasteiger partial charge in [-0.25, -0.2) is 0 Å². The number of likely N-dealkylation sites (tertiary alicyclic amines) is 1. The molecule has 0 bridgehead atoms. The van der Waals surface area contributed by atoms with Gasteiger partial charge in [-0.05, 0) is 25.2 Å². The van der Waals surface area contributed by atoms with Crippen LogP contribution in [0.3, 0.4) is 0 Å². The number of rotatable bonds is 4. The zero-order chi connectivity index (χ0) is 13.7. The Labute approximate surface area is 118 Å². The summed E-state index contributed by atoms with van der Waals surface area (Å²) >= 11 is 1.33. The number of amides is 1. The monoisotopic (exact) mass is 282 g/mol. The minimum absolute atomic E-state index is 0.0381. The highest BCUT2D eigenvalue weighted by Gasteiger charge is 2.23. The zero-order valence-electron chi connectivity index (χ0n) is 11.7. The third-order valence-electron chi connectivity index (χ3n) is 3.65. The topological polar surface area (TPSA) is 58.1 Å². The van der Waals surface area contributed by atoms with Gasteiger partial charge in [-0.2, -0.15) is 0 Å². The predicted molar refractivity (Wildman–Crippen MR) is 77.6 cm³/mol. The van der Waals surface area contributed by atoms with E-state index in [4.69, 9.17) is 0 Å². The Morgan fingerprint density at radius 1 is 1.42 bits per heavy atom. The average Bonchev–Trinajstić information content (AvgIpc) is 2.79. The number of hydrogen-bond donors (Lipinski definition) is 1. The van der Waals surface area contributed by atoms with E-state index in [2.05, 4.69) is 22.4 Å². The summed E-state index contributed by atoms with van der Waals surface area (Å²) in [6, 6.07) is 0. The minimum atomic E-state index is 0.0381. The van der Waals surface area contributed by atoms with Crippen LogP contribution in [-0.2, 0) is 0 Å². The Morgan fingerprint density at radius 2 is 2.26 bits per heavy atom. The Bertz CT molecular complexity index is 421. The van der Waals surface area contributed by atoms with Gasteiger partial charge in [0, 0.05) is 20.1 Å². The highest BCUT2D eigenvalue weighted by atomic mass is 32.1. The summed E-state index contributed by atoms with van der Waals surface area (Å²) in [7, 11) is 1.79. The van der Waals surface area contributed by atoms with Crippen molar-refractivity contribution < 1.29 is 4.79 Å². The number of nitrogens with zero attached hydrogens (tertiary/aromatic N) is 3. The van der Waals surface area contributed by atoms with Gasteiger partial charge in [0.05, 0.1) is 0 Å². The van der Waals surface area contributed by atoms with Crippen LogP contribution in [0.4, 0.5) is 5.13 Å². The summed E-state index contributed by atoms with van der Waals surface area (Å²) < 4.78 is 0. The largest absolute Gasteiger partial charge is 0.363 e. The van der Waals surface area contributed by atoms with E-state index in [1.807, 2.05) is 4.90 Å². The molecule has 1 aliphatic heterocycles. The SMILES string of the molecule is CCCC1CCCN(C(=O)c2nnc(NC)s2)CC1. The first kappa shape index (κ1) is 14.2. The van der Waals surface area contributed by atoms with Crippen molar-refractivity contribution in [2.75, 3.05) is 25.5 Å². The van der Waals surface area contributed by atoms with Crippen molar-refractivity contribution in [3.63, 3.8) is 0 Å². The number of carbonyl (C=O) groups is 1. The van der Waals surface area contributed by atoms with Crippen LogP contribution in [0.2, 0.25) is 0 Å². The molecule has 0 spiro atoms. The van der Waals surface area contributed by atoms with Gasteiger partial charge in [-0.15, -0.1) is 10.2 Å². The molecule has 0 aliphatic carbocycles. The van der Waals surface area contributed by atoms with E-state index in [0.29, 0.717) is 10.1 Å². The van der Waals surface area contributed by atoms with Gasteiger partial charge in [0.2, 0.25) is 10.1 Å². The third-order valence-corrected chi connectivity index (χ3v) is 4.58. The maximum atomic E-state index is 12.4. The van der Waals surface area contributed by atoms with Gasteiger partial charge in [-0.1, -0.05) is 31.1 Å². The quantitative estimate of drug-likeness (QED) is 0.922. The lowest BCUT2D eigenvalue weighted by atomic mass is 9.96. The first-order chi connectivity index (χ1) is 9.24. The molecule has 1 fully saturated rings. The van der Waals surface area contributed by atoms with Gasteiger partial charge in [0.1, 0.15) is 0 Å². The van der Waals surface area contributed by atoms with E-state index < -0.39 is 0 Å². The maximum absolute atomic E-state index is 12.4. The lowest BCUT2D eigenvalue weighted by Gasteiger charge is -2.18. The lowest BCUT2D eigenvalue weighted by Crippen LogP contribution is -2.32. The van der Waals surface area contributed by atoms with Crippen LogP contribution in [0.1, 0.15) is 48.8 Å². The van der Waals surface area contributed by atoms with E-state index in [1.54, 1.807) is 7.05 Å². The summed E-state index contributed by atoms with van der Waals surface area (Å²) in [5, 5.41) is 12.0. The van der Waals surface area contributed by atoms with Crippen LogP contribution >= 0.6 is 11.3 Å². The normalized spacial score (nSPS) is 20.1. The number of carbonyl (C=O) groups excluding carboxylic acids is 1. The molecule has 1 saturated heterocycles. The fourth-order valence-electron chi connectivity index (χ4n) is 2.61. The molecular weight excluding hydrogens is 260 g/mol. The maximum Gasteiger partial charge on any atom is 0.284 e. The molecule has 1 unspecified atom stereocenters. The second-order valence-electron chi connectivity index (χ2n) is 5.04. The molecule has 0 aromatic carbocycles. The fourth-order valence-corrected chi connectivity index (χ4v) is 3.28. The van der Waals surface area contributed by atoms with Gasteiger partial charge in [0.25, 0.3) is 5.91 Å². The summed E-state index contributed by atoms with van der Waals surface area (Å²) in [6.07, 6.45) is 5.99. The second-order valence-corrected chi connectivity index (χ2v) is 6.02. The molecule has 1 amide bonds. The van der Waals surface area contributed by atoms with Crippen molar-refractivity contribution in [3.05, 3.63) is 5.01 Å². The smallest absolute Gasteiger partial charge is 0.284 e. The van der Waals surface area contributed by atoms with Crippen LogP contribution in [0.25, 0.3) is 0 Å². The van der Waals surface area contributed by atoms with Crippen LogP contribution in [0.15, 0.2) is 0 Å². The molecule has 19 heavy (non-hydrogen) atoms. The van der Waals surface area contributed by atoms with E-state index in [9.17, 15) is 4.79 Å². The molecule has 6 heteroatoms. The van der Waals surface area contributed by atoms with Gasteiger partial charge in [0.15, 0.2) is 0 Å². The number of nitrogens with one attached hydrogen (secondary N) is 1. The third kappa shape index (κ3) is 3.65. The van der Waals surface area contributed by atoms with Crippen molar-refractivity contribution in [2.24, 2.45) is 5.92 Å². The summed E-state index contributed by atoms with van der Waals surface area (Å²) in [5.41, 5.74) is 0. The molecule has 0 radical (unpaired) electrons. The predicted octanol–water partition coefficient (Wildman–Crippen LogP) is 2.62. The van der Waals surface area contributed by atoms with Gasteiger partial charge < -0.3 is 10.2 Å². The first-order valence-electron chi connectivity index (χ1n) is 7.05. The molecule has 5 nitrogen and oxygen atoms in total. The van der Waals surface area contributed by atoms with E-state index in [0.717, 1.165) is 31.8 Å². The van der Waals surface area contributed by atoms with Crippen molar-refractivity contribution in [1.29, 1.82) is 0 Å². The van der Waals surface area contributed by atoms with Crippen molar-refractivity contribution in [2.45, 2.75) is 39.0 Å². The van der Waals surface area contributed by atoms with E-state index in [-0.39, 0.29) is 5.91 Å². The Morgan fingerprint density at radius 3 is 2.95 bits per heavy atom. The molecule has 1 aromatic heterocycles. The first-order valence-corrected chi connectivity index (χ1v) is 7.86. The summed E-state index contributed by atoms with van der Waals surface area (Å²) in [6.45, 7) is 3.94. The van der Waals surface area contributed by atoms with E-state index in [1.165, 1.54) is 30.6 Å². The van der Waals surface area contributed by atoms with E-state index >= 15 is 0 Å². The molecule has 2 rings (SSSR count). The van der Waals surface area contributed by atoms with Crippen molar-refractivity contribution in [3.8, 4) is 0 Å². The highest BCUT2D eigenvalue weighted by Crippen LogP contribution is 2.24.